The third-order valence-corrected chi connectivity index (χ3v) is 5.49. The van der Waals surface area contributed by atoms with Gasteiger partial charge in [-0.25, -0.2) is 9.78 Å². The predicted octanol–water partition coefficient (Wildman–Crippen LogP) is 6.68. The van der Waals surface area contributed by atoms with Crippen LogP contribution in [0.4, 0.5) is 0 Å². The van der Waals surface area contributed by atoms with Crippen LogP contribution in [-0.2, 0) is 11.2 Å². The Kier molecular flexibility index (Phi) is 9.36. The summed E-state index contributed by atoms with van der Waals surface area (Å²) >= 11 is 0. The summed E-state index contributed by atoms with van der Waals surface area (Å²) < 4.78 is 5.05. The number of hydrogen-bond acceptors (Lipinski definition) is 5. The molecule has 0 fully saturated rings. The van der Waals surface area contributed by atoms with Crippen LogP contribution < -0.4 is 0 Å². The van der Waals surface area contributed by atoms with Crippen LogP contribution in [0.5, 0.6) is 0 Å². The molecule has 3 rings (SSSR count). The van der Waals surface area contributed by atoms with Crippen molar-refractivity contribution in [3.8, 4) is 22.5 Å². The number of carbonyl (C=O) groups excluding carboxylic acids is 1. The van der Waals surface area contributed by atoms with Crippen molar-refractivity contribution in [2.24, 2.45) is 0 Å². The lowest BCUT2D eigenvalue weighted by Gasteiger charge is -2.10. The maximum Gasteiger partial charge on any atom is 0.378 e. The molecule has 0 unspecified atom stereocenters. The minimum absolute atomic E-state index is 0.0231. The Bertz CT molecular complexity index is 972. The lowest BCUT2D eigenvalue weighted by molar-refractivity contribution is 0.0510. The van der Waals surface area contributed by atoms with E-state index in [2.05, 4.69) is 46.4 Å². The number of ether oxygens (including phenoxy) is 1. The number of unbranched alkanes of at least 4 members (excludes halogenated alkanes) is 6. The molecule has 5 heteroatoms. The summed E-state index contributed by atoms with van der Waals surface area (Å²) in [5.41, 5.74) is 4.43. The lowest BCUT2D eigenvalue weighted by Crippen LogP contribution is -2.12. The highest BCUT2D eigenvalue weighted by Crippen LogP contribution is 2.28. The molecule has 32 heavy (non-hydrogen) atoms. The molecule has 0 radical (unpaired) electrons. The van der Waals surface area contributed by atoms with Gasteiger partial charge in [-0.1, -0.05) is 100 Å². The van der Waals surface area contributed by atoms with Gasteiger partial charge in [-0.15, -0.1) is 10.2 Å². The van der Waals surface area contributed by atoms with Crippen LogP contribution >= 0.6 is 0 Å². The van der Waals surface area contributed by atoms with E-state index in [9.17, 15) is 4.79 Å². The Morgan fingerprint density at radius 3 is 2.09 bits per heavy atom. The first-order valence-electron chi connectivity index (χ1n) is 11.8. The van der Waals surface area contributed by atoms with Crippen molar-refractivity contribution in [1.82, 2.24) is 15.2 Å². The summed E-state index contributed by atoms with van der Waals surface area (Å²) in [7, 11) is 0. The van der Waals surface area contributed by atoms with E-state index in [0.717, 1.165) is 17.5 Å². The fourth-order valence-electron chi connectivity index (χ4n) is 3.72. The molecule has 0 atom stereocenters. The van der Waals surface area contributed by atoms with E-state index < -0.39 is 5.97 Å². The zero-order valence-corrected chi connectivity index (χ0v) is 19.2. The summed E-state index contributed by atoms with van der Waals surface area (Å²) in [6.07, 6.45) is 10.3. The van der Waals surface area contributed by atoms with Gasteiger partial charge in [-0.05, 0) is 25.3 Å². The maximum absolute atomic E-state index is 12.1. The predicted molar refractivity (Wildman–Crippen MR) is 128 cm³/mol. The van der Waals surface area contributed by atoms with Gasteiger partial charge in [0, 0.05) is 11.1 Å². The molecule has 0 saturated heterocycles. The quantitative estimate of drug-likeness (QED) is 0.236. The second-order valence-corrected chi connectivity index (χ2v) is 7.99. The van der Waals surface area contributed by atoms with Crippen molar-refractivity contribution in [3.63, 3.8) is 0 Å². The second kappa shape index (κ2) is 12.7. The number of aryl methyl sites for hydroxylation is 1. The molecule has 1 aromatic heterocycles. The summed E-state index contributed by atoms with van der Waals surface area (Å²) in [5.74, 6) is -0.584. The Labute approximate surface area is 191 Å². The number of esters is 1. The smallest absolute Gasteiger partial charge is 0.378 e. The van der Waals surface area contributed by atoms with E-state index in [1.165, 1.54) is 50.5 Å². The fraction of sp³-hybridized carbons (Fsp3) is 0.407. The van der Waals surface area contributed by atoms with E-state index >= 15 is 0 Å². The van der Waals surface area contributed by atoms with Crippen LogP contribution in [0.3, 0.4) is 0 Å². The van der Waals surface area contributed by atoms with Gasteiger partial charge in [0.05, 0.1) is 6.61 Å². The van der Waals surface area contributed by atoms with E-state index in [1.807, 2.05) is 30.3 Å². The molecule has 168 valence electrons. The highest BCUT2D eigenvalue weighted by Gasteiger charge is 2.18. The van der Waals surface area contributed by atoms with Crippen LogP contribution in [0.2, 0.25) is 0 Å². The van der Waals surface area contributed by atoms with Crippen molar-refractivity contribution in [3.05, 3.63) is 66.0 Å². The molecule has 1 heterocycles. The first kappa shape index (κ1) is 23.6. The Hall–Kier alpha value is -3.08. The standard InChI is InChI=1S/C27H33N3O2/c1-3-5-6-7-8-9-11-14-21-17-19-23(20-18-21)25-24(22-15-12-10-13-16-22)28-26(30-29-25)27(31)32-4-2/h10,12-13,15-20H,3-9,11,14H2,1-2H3. The fourth-order valence-corrected chi connectivity index (χ4v) is 3.72. The SMILES string of the molecule is CCCCCCCCCc1ccc(-c2nnc(C(=O)OCC)nc2-c2ccccc2)cc1. The Morgan fingerprint density at radius 2 is 1.41 bits per heavy atom. The van der Waals surface area contributed by atoms with Gasteiger partial charge in [-0.2, -0.15) is 0 Å². The summed E-state index contributed by atoms with van der Waals surface area (Å²) in [6, 6.07) is 18.2. The van der Waals surface area contributed by atoms with Gasteiger partial charge in [0.15, 0.2) is 0 Å². The lowest BCUT2D eigenvalue weighted by atomic mass is 10.0. The largest absolute Gasteiger partial charge is 0.460 e. The molecule has 0 spiro atoms. The molecule has 5 nitrogen and oxygen atoms in total. The van der Waals surface area contributed by atoms with Crippen LogP contribution in [0, 0.1) is 0 Å². The highest BCUT2D eigenvalue weighted by molar-refractivity contribution is 5.87. The van der Waals surface area contributed by atoms with Crippen molar-refractivity contribution in [2.45, 2.75) is 65.2 Å². The molecule has 0 amide bonds. The van der Waals surface area contributed by atoms with Crippen molar-refractivity contribution in [1.29, 1.82) is 0 Å². The van der Waals surface area contributed by atoms with Gasteiger partial charge >= 0.3 is 5.97 Å². The number of rotatable bonds is 12. The zero-order valence-electron chi connectivity index (χ0n) is 19.2. The maximum atomic E-state index is 12.1. The third-order valence-electron chi connectivity index (χ3n) is 5.49. The van der Waals surface area contributed by atoms with E-state index in [-0.39, 0.29) is 12.4 Å². The molecule has 0 aliphatic carbocycles. The number of carbonyl (C=O) groups is 1. The molecule has 0 saturated carbocycles. The monoisotopic (exact) mass is 431 g/mol. The molecular formula is C27H33N3O2. The summed E-state index contributed by atoms with van der Waals surface area (Å²) in [6.45, 7) is 4.28. The Morgan fingerprint density at radius 1 is 0.750 bits per heavy atom. The zero-order chi connectivity index (χ0) is 22.6. The normalized spacial score (nSPS) is 10.8. The average molecular weight is 432 g/mol. The topological polar surface area (TPSA) is 65.0 Å². The van der Waals surface area contributed by atoms with Crippen molar-refractivity contribution < 1.29 is 9.53 Å². The third kappa shape index (κ3) is 6.71. The van der Waals surface area contributed by atoms with Gasteiger partial charge < -0.3 is 4.74 Å². The number of nitrogens with zero attached hydrogens (tertiary/aromatic N) is 3. The molecule has 0 N–H and O–H groups in total. The average Bonchev–Trinajstić information content (AvgIpc) is 2.84. The minimum Gasteiger partial charge on any atom is -0.460 e. The molecule has 2 aromatic carbocycles. The van der Waals surface area contributed by atoms with Crippen LogP contribution in [-0.4, -0.2) is 27.8 Å². The molecule has 0 aliphatic heterocycles. The molecule has 0 bridgehead atoms. The van der Waals surface area contributed by atoms with Gasteiger partial charge in [-0.3, -0.25) is 0 Å². The van der Waals surface area contributed by atoms with E-state index in [0.29, 0.717) is 11.4 Å². The molecular weight excluding hydrogens is 398 g/mol. The van der Waals surface area contributed by atoms with Gasteiger partial charge in [0.1, 0.15) is 11.4 Å². The number of aromatic nitrogens is 3. The van der Waals surface area contributed by atoms with Gasteiger partial charge in [0.25, 0.3) is 5.82 Å². The van der Waals surface area contributed by atoms with Crippen molar-refractivity contribution >= 4 is 5.97 Å². The summed E-state index contributed by atoms with van der Waals surface area (Å²) in [4.78, 5) is 16.6. The highest BCUT2D eigenvalue weighted by atomic mass is 16.5. The van der Waals surface area contributed by atoms with Crippen LogP contribution in [0.25, 0.3) is 22.5 Å². The number of benzene rings is 2. The second-order valence-electron chi connectivity index (χ2n) is 7.99. The number of hydrogen-bond donors (Lipinski definition) is 0. The van der Waals surface area contributed by atoms with Gasteiger partial charge in [0.2, 0.25) is 0 Å². The first-order chi connectivity index (χ1) is 15.7. The molecule has 3 aromatic rings. The van der Waals surface area contributed by atoms with Crippen molar-refractivity contribution in [2.75, 3.05) is 6.61 Å². The van der Waals surface area contributed by atoms with Crippen LogP contribution in [0.1, 0.15) is 75.0 Å². The van der Waals surface area contributed by atoms with E-state index in [1.54, 1.807) is 6.92 Å². The first-order valence-corrected chi connectivity index (χ1v) is 11.8. The minimum atomic E-state index is -0.561. The van der Waals surface area contributed by atoms with Crippen LogP contribution in [0.15, 0.2) is 54.6 Å². The van der Waals surface area contributed by atoms with E-state index in [4.69, 9.17) is 4.74 Å². The molecule has 0 aliphatic rings. The summed E-state index contributed by atoms with van der Waals surface area (Å²) in [5, 5.41) is 8.39. The Balaban J connectivity index is 1.73.